The van der Waals surface area contributed by atoms with Gasteiger partial charge >= 0.3 is 0 Å². The molecule has 0 saturated carbocycles. The van der Waals surface area contributed by atoms with Gasteiger partial charge in [0.05, 0.1) is 23.7 Å². The molecular weight excluding hydrogens is 316 g/mol. The van der Waals surface area contributed by atoms with Crippen molar-refractivity contribution in [3.05, 3.63) is 54.0 Å². The monoisotopic (exact) mass is 332 g/mol. The SMILES string of the molecule is C#CCNS(=O)(=O)c1ccc(C(=O)N[C@@H](C)c2ccco2)cc1. The first-order valence-electron chi connectivity index (χ1n) is 6.81. The third-order valence-corrected chi connectivity index (χ3v) is 4.53. The van der Waals surface area contributed by atoms with Crippen LogP contribution in [0.3, 0.4) is 0 Å². The number of benzene rings is 1. The highest BCUT2D eigenvalue weighted by atomic mass is 32.2. The van der Waals surface area contributed by atoms with Crippen LogP contribution in [-0.2, 0) is 10.0 Å². The second kappa shape index (κ2) is 7.13. The van der Waals surface area contributed by atoms with Crippen LogP contribution in [0.5, 0.6) is 0 Å². The minimum Gasteiger partial charge on any atom is -0.467 e. The van der Waals surface area contributed by atoms with Crippen molar-refractivity contribution in [2.24, 2.45) is 0 Å². The number of rotatable bonds is 6. The topological polar surface area (TPSA) is 88.4 Å². The zero-order valence-electron chi connectivity index (χ0n) is 12.4. The lowest BCUT2D eigenvalue weighted by molar-refractivity contribution is 0.0935. The number of carbonyl (C=O) groups excluding carboxylic acids is 1. The Balaban J connectivity index is 2.07. The van der Waals surface area contributed by atoms with E-state index in [1.54, 1.807) is 19.1 Å². The van der Waals surface area contributed by atoms with Crippen LogP contribution in [0.4, 0.5) is 0 Å². The van der Waals surface area contributed by atoms with Crippen molar-refractivity contribution in [2.75, 3.05) is 6.54 Å². The molecule has 0 saturated heterocycles. The molecule has 2 aromatic rings. The minimum absolute atomic E-state index is 0.0448. The molecule has 0 radical (unpaired) electrons. The van der Waals surface area contributed by atoms with E-state index < -0.39 is 10.0 Å². The zero-order chi connectivity index (χ0) is 16.9. The average Bonchev–Trinajstić information content (AvgIpc) is 3.07. The van der Waals surface area contributed by atoms with E-state index in [0.29, 0.717) is 11.3 Å². The fourth-order valence-corrected chi connectivity index (χ4v) is 2.83. The molecular formula is C16H16N2O4S. The molecule has 6 nitrogen and oxygen atoms in total. The number of carbonyl (C=O) groups is 1. The van der Waals surface area contributed by atoms with Crippen LogP contribution in [0.25, 0.3) is 0 Å². The van der Waals surface area contributed by atoms with Crippen LogP contribution in [0.2, 0.25) is 0 Å². The fourth-order valence-electron chi connectivity index (χ4n) is 1.89. The maximum atomic E-state index is 12.1. The first-order chi connectivity index (χ1) is 10.9. The van der Waals surface area contributed by atoms with Crippen molar-refractivity contribution >= 4 is 15.9 Å². The Bertz CT molecular complexity index is 803. The first kappa shape index (κ1) is 16.8. The predicted molar refractivity (Wildman–Crippen MR) is 85.1 cm³/mol. The molecule has 0 aliphatic carbocycles. The van der Waals surface area contributed by atoms with Crippen molar-refractivity contribution in [2.45, 2.75) is 17.9 Å². The van der Waals surface area contributed by atoms with Gasteiger partial charge < -0.3 is 9.73 Å². The van der Waals surface area contributed by atoms with Crippen LogP contribution in [-0.4, -0.2) is 20.9 Å². The van der Waals surface area contributed by atoms with E-state index in [1.165, 1.54) is 30.5 Å². The van der Waals surface area contributed by atoms with Crippen molar-refractivity contribution in [3.8, 4) is 12.3 Å². The third-order valence-electron chi connectivity index (χ3n) is 3.11. The van der Waals surface area contributed by atoms with E-state index in [9.17, 15) is 13.2 Å². The Labute approximate surface area is 134 Å². The number of amides is 1. The van der Waals surface area contributed by atoms with Gasteiger partial charge in [-0.3, -0.25) is 4.79 Å². The normalized spacial score (nSPS) is 12.3. The van der Waals surface area contributed by atoms with E-state index in [4.69, 9.17) is 10.8 Å². The van der Waals surface area contributed by atoms with Crippen molar-refractivity contribution in [1.29, 1.82) is 0 Å². The van der Waals surface area contributed by atoms with Crippen LogP contribution in [0, 0.1) is 12.3 Å². The summed E-state index contributed by atoms with van der Waals surface area (Å²) in [4.78, 5) is 12.2. The molecule has 1 aromatic carbocycles. The molecule has 0 aliphatic rings. The van der Waals surface area contributed by atoms with Gasteiger partial charge in [0.15, 0.2) is 0 Å². The maximum Gasteiger partial charge on any atom is 0.251 e. The number of sulfonamides is 1. The number of hydrogen-bond donors (Lipinski definition) is 2. The van der Waals surface area contributed by atoms with Gasteiger partial charge in [-0.2, -0.15) is 4.72 Å². The molecule has 1 heterocycles. The van der Waals surface area contributed by atoms with E-state index in [2.05, 4.69) is 16.0 Å². The standard InChI is InChI=1S/C16H16N2O4S/c1-3-10-17-23(20,21)14-8-6-13(7-9-14)16(19)18-12(2)15-5-4-11-22-15/h1,4-9,11-12,17H,10H2,2H3,(H,18,19)/t12-/m0/s1. The van der Waals surface area contributed by atoms with Crippen LogP contribution in [0.1, 0.15) is 29.1 Å². The van der Waals surface area contributed by atoms with Crippen LogP contribution in [0.15, 0.2) is 52.0 Å². The Kier molecular flexibility index (Phi) is 5.21. The molecule has 0 bridgehead atoms. The lowest BCUT2D eigenvalue weighted by Gasteiger charge is -2.11. The Hall–Kier alpha value is -2.56. The minimum atomic E-state index is -3.66. The summed E-state index contributed by atoms with van der Waals surface area (Å²) in [5, 5.41) is 2.77. The molecule has 1 atom stereocenters. The van der Waals surface area contributed by atoms with Gasteiger partial charge in [0.2, 0.25) is 10.0 Å². The second-order valence-corrected chi connectivity index (χ2v) is 6.53. The highest BCUT2D eigenvalue weighted by molar-refractivity contribution is 7.89. The van der Waals surface area contributed by atoms with Gasteiger partial charge in [-0.05, 0) is 43.3 Å². The molecule has 0 spiro atoms. The number of terminal acetylenes is 1. The molecule has 0 unspecified atom stereocenters. The van der Waals surface area contributed by atoms with Gasteiger partial charge in [0.1, 0.15) is 5.76 Å². The highest BCUT2D eigenvalue weighted by Crippen LogP contribution is 2.14. The van der Waals surface area contributed by atoms with Gasteiger partial charge in [-0.15, -0.1) is 6.42 Å². The first-order valence-corrected chi connectivity index (χ1v) is 8.30. The summed E-state index contributed by atoms with van der Waals surface area (Å²) in [6.07, 6.45) is 6.56. The Morgan fingerprint density at radius 3 is 2.57 bits per heavy atom. The summed E-state index contributed by atoms with van der Waals surface area (Å²) in [6.45, 7) is 1.70. The second-order valence-electron chi connectivity index (χ2n) is 4.76. The largest absolute Gasteiger partial charge is 0.467 e. The highest BCUT2D eigenvalue weighted by Gasteiger charge is 2.16. The lowest BCUT2D eigenvalue weighted by atomic mass is 10.2. The van der Waals surface area contributed by atoms with Gasteiger partial charge in [-0.1, -0.05) is 5.92 Å². The summed E-state index contributed by atoms with van der Waals surface area (Å²) < 4.78 is 31.2. The smallest absolute Gasteiger partial charge is 0.251 e. The molecule has 0 aliphatic heterocycles. The molecule has 2 N–H and O–H groups in total. The molecule has 120 valence electrons. The molecule has 0 fully saturated rings. The quantitative estimate of drug-likeness (QED) is 0.788. The zero-order valence-corrected chi connectivity index (χ0v) is 13.3. The van der Waals surface area contributed by atoms with Gasteiger partial charge in [0.25, 0.3) is 5.91 Å². The summed E-state index contributed by atoms with van der Waals surface area (Å²) >= 11 is 0. The molecule has 23 heavy (non-hydrogen) atoms. The number of hydrogen-bond acceptors (Lipinski definition) is 4. The molecule has 1 amide bonds. The Morgan fingerprint density at radius 2 is 2.00 bits per heavy atom. The van der Waals surface area contributed by atoms with E-state index in [1.807, 2.05) is 0 Å². The summed E-state index contributed by atoms with van der Waals surface area (Å²) in [6, 6.07) is 8.79. The third kappa shape index (κ3) is 4.22. The summed E-state index contributed by atoms with van der Waals surface area (Å²) in [5.74, 6) is 2.51. The fraction of sp³-hybridized carbons (Fsp3) is 0.188. The summed E-state index contributed by atoms with van der Waals surface area (Å²) in [7, 11) is -3.66. The van der Waals surface area contributed by atoms with Gasteiger partial charge in [0, 0.05) is 5.56 Å². The number of furan rings is 1. The maximum absolute atomic E-state index is 12.1. The average molecular weight is 332 g/mol. The van der Waals surface area contributed by atoms with Crippen molar-refractivity contribution in [3.63, 3.8) is 0 Å². The van der Waals surface area contributed by atoms with Crippen LogP contribution < -0.4 is 10.0 Å². The number of nitrogens with one attached hydrogen (secondary N) is 2. The van der Waals surface area contributed by atoms with E-state index in [-0.39, 0.29) is 23.4 Å². The van der Waals surface area contributed by atoms with Crippen molar-refractivity contribution in [1.82, 2.24) is 10.0 Å². The van der Waals surface area contributed by atoms with Gasteiger partial charge in [-0.25, -0.2) is 8.42 Å². The lowest BCUT2D eigenvalue weighted by Crippen LogP contribution is -2.27. The van der Waals surface area contributed by atoms with Crippen LogP contribution >= 0.6 is 0 Å². The Morgan fingerprint density at radius 1 is 1.30 bits per heavy atom. The predicted octanol–water partition coefficient (Wildman–Crippen LogP) is 1.68. The van der Waals surface area contributed by atoms with E-state index in [0.717, 1.165) is 0 Å². The molecule has 1 aromatic heterocycles. The molecule has 2 rings (SSSR count). The van der Waals surface area contributed by atoms with Crippen molar-refractivity contribution < 1.29 is 17.6 Å². The van der Waals surface area contributed by atoms with E-state index >= 15 is 0 Å². The molecule has 7 heteroatoms. The summed E-state index contributed by atoms with van der Waals surface area (Å²) in [5.41, 5.74) is 0.347.